The summed E-state index contributed by atoms with van der Waals surface area (Å²) >= 11 is 0. The monoisotopic (exact) mass is 466 g/mol. The Balaban J connectivity index is 1.36. The molecule has 1 fully saturated rings. The van der Waals surface area contributed by atoms with E-state index in [2.05, 4.69) is 45.5 Å². The van der Waals surface area contributed by atoms with E-state index in [1.165, 1.54) is 5.56 Å². The van der Waals surface area contributed by atoms with Gasteiger partial charge in [0.15, 0.2) is 5.78 Å². The number of nitrogens with zero attached hydrogens (tertiary/aromatic N) is 4. The molecule has 0 atom stereocenters. The number of Topliss-reactive ketones (excluding diaryl/α,β-unsaturated/α-hetero) is 1. The molecule has 7 nitrogen and oxygen atoms in total. The van der Waals surface area contributed by atoms with E-state index in [0.717, 1.165) is 59.5 Å². The van der Waals surface area contributed by atoms with Crippen molar-refractivity contribution in [2.45, 2.75) is 45.1 Å². The first-order valence-electron chi connectivity index (χ1n) is 12.2. The summed E-state index contributed by atoms with van der Waals surface area (Å²) in [5.74, 6) is 1.80. The second-order valence-electron chi connectivity index (χ2n) is 9.40. The Labute approximate surface area is 205 Å². The highest BCUT2D eigenvalue weighted by atomic mass is 16.1. The van der Waals surface area contributed by atoms with E-state index in [4.69, 9.17) is 4.98 Å². The van der Waals surface area contributed by atoms with E-state index in [-0.39, 0.29) is 18.2 Å². The van der Waals surface area contributed by atoms with E-state index in [1.54, 1.807) is 18.6 Å². The van der Waals surface area contributed by atoms with E-state index < -0.39 is 0 Å². The Bertz CT molecular complexity index is 1350. The second kappa shape index (κ2) is 10.3. The third kappa shape index (κ3) is 5.52. The molecule has 2 N–H and O–H groups in total. The van der Waals surface area contributed by atoms with Crippen molar-refractivity contribution >= 4 is 22.5 Å². The summed E-state index contributed by atoms with van der Waals surface area (Å²) in [6.07, 6.45) is 7.62. The van der Waals surface area contributed by atoms with Gasteiger partial charge in [-0.3, -0.25) is 9.78 Å². The molecule has 0 saturated carbocycles. The van der Waals surface area contributed by atoms with Crippen molar-refractivity contribution in [1.29, 1.82) is 0 Å². The van der Waals surface area contributed by atoms with Crippen LogP contribution >= 0.6 is 0 Å². The molecular weight excluding hydrogens is 436 g/mol. The van der Waals surface area contributed by atoms with Crippen molar-refractivity contribution in [1.82, 2.24) is 25.3 Å². The molecule has 0 unspecified atom stereocenters. The van der Waals surface area contributed by atoms with Crippen molar-refractivity contribution < 1.29 is 4.79 Å². The summed E-state index contributed by atoms with van der Waals surface area (Å²) in [5, 5.41) is 7.60. The van der Waals surface area contributed by atoms with Crippen molar-refractivity contribution in [2.24, 2.45) is 0 Å². The minimum Gasteiger partial charge on any atom is -0.367 e. The first-order valence-corrected chi connectivity index (χ1v) is 12.2. The zero-order valence-electron chi connectivity index (χ0n) is 20.2. The molecule has 1 aliphatic heterocycles. The highest BCUT2D eigenvalue weighted by Crippen LogP contribution is 2.26. The first-order chi connectivity index (χ1) is 17.0. The lowest BCUT2D eigenvalue weighted by atomic mass is 9.89. The zero-order valence-corrected chi connectivity index (χ0v) is 20.2. The number of carbonyl (C=O) groups is 1. The van der Waals surface area contributed by atoms with Gasteiger partial charge in [0.05, 0.1) is 30.0 Å². The predicted molar refractivity (Wildman–Crippen MR) is 139 cm³/mol. The largest absolute Gasteiger partial charge is 0.367 e. The molecule has 4 aromatic rings. The third-order valence-corrected chi connectivity index (χ3v) is 6.34. The Morgan fingerprint density at radius 2 is 1.91 bits per heavy atom. The number of carbonyl (C=O) groups excluding carboxylic acids is 1. The summed E-state index contributed by atoms with van der Waals surface area (Å²) < 4.78 is 0. The Kier molecular flexibility index (Phi) is 6.77. The smallest absolute Gasteiger partial charge is 0.170 e. The number of piperidine rings is 1. The average Bonchev–Trinajstić information content (AvgIpc) is 2.88. The Hall–Kier alpha value is -3.71. The lowest BCUT2D eigenvalue weighted by molar-refractivity contribution is 0.0990. The minimum atomic E-state index is 0.0367. The highest BCUT2D eigenvalue weighted by Gasteiger charge is 2.17. The number of ketones is 1. The number of hydrogen-bond donors (Lipinski definition) is 2. The van der Waals surface area contributed by atoms with Gasteiger partial charge in [0, 0.05) is 28.8 Å². The summed E-state index contributed by atoms with van der Waals surface area (Å²) in [5.41, 5.74) is 4.44. The maximum absolute atomic E-state index is 13.1. The van der Waals surface area contributed by atoms with Crippen molar-refractivity contribution in [3.63, 3.8) is 0 Å². The third-order valence-electron chi connectivity index (χ3n) is 6.34. The molecular formula is C28H30N6O. The fraction of sp³-hybridized carbons (Fsp3) is 0.321. The van der Waals surface area contributed by atoms with Crippen LogP contribution < -0.4 is 10.6 Å². The van der Waals surface area contributed by atoms with Crippen LogP contribution in [0.15, 0.2) is 61.1 Å². The maximum atomic E-state index is 13.1. The van der Waals surface area contributed by atoms with Crippen molar-refractivity contribution in [2.75, 3.05) is 18.4 Å². The van der Waals surface area contributed by atoms with Crippen LogP contribution in [0, 0.1) is 0 Å². The van der Waals surface area contributed by atoms with Crippen LogP contribution in [0.2, 0.25) is 0 Å². The summed E-state index contributed by atoms with van der Waals surface area (Å²) in [7, 11) is 0. The number of hydrogen-bond acceptors (Lipinski definition) is 7. The lowest BCUT2D eigenvalue weighted by Gasteiger charge is -2.23. The molecule has 178 valence electrons. The molecule has 35 heavy (non-hydrogen) atoms. The Morgan fingerprint density at radius 1 is 1.06 bits per heavy atom. The number of benzene rings is 2. The van der Waals surface area contributed by atoms with E-state index in [0.29, 0.717) is 11.7 Å². The van der Waals surface area contributed by atoms with Crippen LogP contribution in [0.1, 0.15) is 54.4 Å². The summed E-state index contributed by atoms with van der Waals surface area (Å²) in [4.78, 5) is 31.2. The lowest BCUT2D eigenvalue weighted by Crippen LogP contribution is -2.26. The van der Waals surface area contributed by atoms with Gasteiger partial charge in [-0.2, -0.15) is 0 Å². The fourth-order valence-corrected chi connectivity index (χ4v) is 4.54. The van der Waals surface area contributed by atoms with Gasteiger partial charge in [0.2, 0.25) is 0 Å². The average molecular weight is 467 g/mol. The zero-order chi connectivity index (χ0) is 24.2. The van der Waals surface area contributed by atoms with Gasteiger partial charge in [-0.25, -0.2) is 15.0 Å². The number of anilines is 1. The molecule has 0 radical (unpaired) electrons. The molecule has 1 saturated heterocycles. The van der Waals surface area contributed by atoms with Gasteiger partial charge >= 0.3 is 0 Å². The van der Waals surface area contributed by atoms with Crippen LogP contribution in [0.4, 0.5) is 5.82 Å². The van der Waals surface area contributed by atoms with Crippen molar-refractivity contribution in [3.8, 4) is 11.3 Å². The molecule has 0 bridgehead atoms. The van der Waals surface area contributed by atoms with Gasteiger partial charge < -0.3 is 10.6 Å². The standard InChI is InChI=1S/C28H30N6O/c1-18(2)32-28-17-30-16-25(34-28)21-6-7-23-15-31-27(33-24(23)13-21)14-26(35)22-5-3-4-20(12-22)19-8-10-29-11-9-19/h3-7,12-13,15-19,29H,8-11,14H2,1-2H3,(H,32,34). The highest BCUT2D eigenvalue weighted by molar-refractivity contribution is 5.97. The van der Waals surface area contributed by atoms with Gasteiger partial charge in [-0.15, -0.1) is 0 Å². The first kappa shape index (κ1) is 23.1. The molecule has 5 rings (SSSR count). The van der Waals surface area contributed by atoms with Crippen molar-refractivity contribution in [3.05, 3.63) is 78.0 Å². The molecule has 7 heteroatoms. The number of nitrogens with one attached hydrogen (secondary N) is 2. The summed E-state index contributed by atoms with van der Waals surface area (Å²) in [6.45, 7) is 6.18. The van der Waals surface area contributed by atoms with Crippen LogP contribution in [-0.4, -0.2) is 44.9 Å². The minimum absolute atomic E-state index is 0.0367. The molecule has 0 amide bonds. The number of fused-ring (bicyclic) bond motifs is 1. The SMILES string of the molecule is CC(C)Nc1cncc(-c2ccc3cnc(CC(=O)c4cccc(C5CCNCC5)c4)nc3c2)n1. The fourth-order valence-electron chi connectivity index (χ4n) is 4.54. The van der Waals surface area contributed by atoms with Gasteiger partial charge in [0.25, 0.3) is 0 Å². The quantitative estimate of drug-likeness (QED) is 0.378. The maximum Gasteiger partial charge on any atom is 0.170 e. The van der Waals surface area contributed by atoms with E-state index in [9.17, 15) is 4.79 Å². The van der Waals surface area contributed by atoms with Crippen LogP contribution in [0.5, 0.6) is 0 Å². The number of aromatic nitrogens is 4. The van der Waals surface area contributed by atoms with Gasteiger partial charge in [-0.05, 0) is 63.4 Å². The molecule has 2 aromatic carbocycles. The van der Waals surface area contributed by atoms with Gasteiger partial charge in [0.1, 0.15) is 11.6 Å². The van der Waals surface area contributed by atoms with E-state index >= 15 is 0 Å². The normalized spacial score (nSPS) is 14.4. The summed E-state index contributed by atoms with van der Waals surface area (Å²) in [6, 6.07) is 14.3. The molecule has 3 heterocycles. The van der Waals surface area contributed by atoms with Gasteiger partial charge in [-0.1, -0.05) is 30.3 Å². The number of rotatable bonds is 7. The second-order valence-corrected chi connectivity index (χ2v) is 9.40. The van der Waals surface area contributed by atoms with Crippen LogP contribution in [0.25, 0.3) is 22.2 Å². The molecule has 2 aromatic heterocycles. The molecule has 0 spiro atoms. The molecule has 0 aliphatic carbocycles. The predicted octanol–water partition coefficient (Wildman–Crippen LogP) is 4.80. The van der Waals surface area contributed by atoms with Crippen LogP contribution in [-0.2, 0) is 6.42 Å². The molecule has 1 aliphatic rings. The Morgan fingerprint density at radius 3 is 2.74 bits per heavy atom. The topological polar surface area (TPSA) is 92.7 Å². The van der Waals surface area contributed by atoms with Crippen LogP contribution in [0.3, 0.4) is 0 Å². The van der Waals surface area contributed by atoms with E-state index in [1.807, 2.05) is 36.4 Å².